The van der Waals surface area contributed by atoms with Crippen LogP contribution in [0, 0.1) is 0 Å². The van der Waals surface area contributed by atoms with Gasteiger partial charge in [0.1, 0.15) is 12.2 Å². The number of hydrogen-bond donors (Lipinski definition) is 5. The van der Waals surface area contributed by atoms with E-state index in [1.807, 2.05) is 0 Å². The molecule has 0 radical (unpaired) electrons. The van der Waals surface area contributed by atoms with Crippen LogP contribution in [0.1, 0.15) is 328 Å². The van der Waals surface area contributed by atoms with Gasteiger partial charge in [0, 0.05) is 0 Å². The molecule has 6 nitrogen and oxygen atoms in total. The number of carbonyl (C=O) groups excluding carboxylic acids is 1. The Labute approximate surface area is 430 Å². The van der Waals surface area contributed by atoms with E-state index in [1.54, 1.807) is 0 Å². The standard InChI is InChI=1S/C63H121NO5/c1-3-5-7-9-11-13-15-17-19-21-23-25-27-29-30-31-33-35-37-39-41-43-45-47-49-51-53-55-57-61(67)63(69)64-59(58-65)62(68)60(66)56-54-52-50-48-46-44-42-40-38-36-34-32-28-26-24-22-20-18-16-14-12-10-8-6-4-2/h29-30,40,42,48,50,59-62,65-68H,3-28,31-39,41,43-47,49,51-58H2,1-2H3,(H,64,69)/b30-29-,42-40+,50-48+. The Morgan fingerprint density at radius 1 is 0.348 bits per heavy atom. The molecule has 0 aliphatic heterocycles. The molecule has 0 heterocycles. The molecule has 0 saturated heterocycles. The molecular weight excluding hydrogens is 851 g/mol. The second-order valence-corrected chi connectivity index (χ2v) is 21.4. The molecule has 0 aromatic carbocycles. The highest BCUT2D eigenvalue weighted by atomic mass is 16.3. The third kappa shape index (κ3) is 51.2. The highest BCUT2D eigenvalue weighted by Crippen LogP contribution is 2.18. The van der Waals surface area contributed by atoms with Crippen molar-refractivity contribution in [2.75, 3.05) is 6.61 Å². The van der Waals surface area contributed by atoms with Crippen molar-refractivity contribution in [3.8, 4) is 0 Å². The Hall–Kier alpha value is -1.47. The van der Waals surface area contributed by atoms with Crippen molar-refractivity contribution in [3.05, 3.63) is 36.5 Å². The first-order valence-corrected chi connectivity index (χ1v) is 30.9. The summed E-state index contributed by atoms with van der Waals surface area (Å²) < 4.78 is 0. The first kappa shape index (κ1) is 67.5. The summed E-state index contributed by atoms with van der Waals surface area (Å²) in [6, 6.07) is -1.01. The molecule has 0 aliphatic carbocycles. The van der Waals surface area contributed by atoms with Crippen LogP contribution in [0.3, 0.4) is 0 Å². The molecule has 0 rings (SSSR count). The van der Waals surface area contributed by atoms with E-state index in [2.05, 4.69) is 55.6 Å². The van der Waals surface area contributed by atoms with Crippen LogP contribution in [-0.4, -0.2) is 57.3 Å². The highest BCUT2D eigenvalue weighted by Gasteiger charge is 2.28. The lowest BCUT2D eigenvalue weighted by Crippen LogP contribution is -2.53. The SMILES string of the molecule is CCCCCCCCCCCCCC/C=C\CCCCCCCCCCCCCCC(O)C(=O)NC(CO)C(O)C(O)CCC/C=C/CC/C=C/CCCCCCCCCCCCCCCCCC. The molecule has 0 bridgehead atoms. The van der Waals surface area contributed by atoms with Gasteiger partial charge in [-0.25, -0.2) is 0 Å². The molecule has 0 saturated carbocycles. The van der Waals surface area contributed by atoms with Crippen LogP contribution in [0.15, 0.2) is 36.5 Å². The molecule has 0 spiro atoms. The monoisotopic (exact) mass is 972 g/mol. The minimum Gasteiger partial charge on any atom is -0.394 e. The first-order valence-electron chi connectivity index (χ1n) is 30.9. The first-order chi connectivity index (χ1) is 34.0. The van der Waals surface area contributed by atoms with Gasteiger partial charge in [0.2, 0.25) is 5.91 Å². The van der Waals surface area contributed by atoms with Gasteiger partial charge in [-0.2, -0.15) is 0 Å². The van der Waals surface area contributed by atoms with Gasteiger partial charge in [-0.15, -0.1) is 0 Å². The third-order valence-electron chi connectivity index (χ3n) is 14.6. The van der Waals surface area contributed by atoms with Crippen molar-refractivity contribution in [3.63, 3.8) is 0 Å². The summed E-state index contributed by atoms with van der Waals surface area (Å²) in [6.45, 7) is 4.08. The number of unbranched alkanes of at least 4 members (excludes halogenated alkanes) is 42. The molecule has 4 atom stereocenters. The number of aliphatic hydroxyl groups excluding tert-OH is 4. The topological polar surface area (TPSA) is 110 Å². The lowest BCUT2D eigenvalue weighted by atomic mass is 10.00. The van der Waals surface area contributed by atoms with E-state index in [1.165, 1.54) is 257 Å². The molecule has 0 aromatic rings. The van der Waals surface area contributed by atoms with Gasteiger partial charge >= 0.3 is 0 Å². The van der Waals surface area contributed by atoms with Crippen LogP contribution < -0.4 is 5.32 Å². The minimum atomic E-state index is -1.29. The highest BCUT2D eigenvalue weighted by molar-refractivity contribution is 5.80. The van der Waals surface area contributed by atoms with Gasteiger partial charge in [-0.3, -0.25) is 4.79 Å². The van der Waals surface area contributed by atoms with Gasteiger partial charge in [0.05, 0.1) is 18.8 Å². The zero-order valence-electron chi connectivity index (χ0n) is 46.3. The van der Waals surface area contributed by atoms with Crippen LogP contribution in [0.4, 0.5) is 0 Å². The normalized spacial score (nSPS) is 13.9. The summed E-state index contributed by atoms with van der Waals surface area (Å²) in [4.78, 5) is 12.6. The molecule has 69 heavy (non-hydrogen) atoms. The lowest BCUT2D eigenvalue weighted by molar-refractivity contribution is -0.132. The van der Waals surface area contributed by atoms with Crippen molar-refractivity contribution in [2.45, 2.75) is 353 Å². The maximum Gasteiger partial charge on any atom is 0.249 e. The maximum absolute atomic E-state index is 12.6. The average Bonchev–Trinajstić information content (AvgIpc) is 3.35. The molecule has 6 heteroatoms. The second kappa shape index (κ2) is 57.4. The van der Waals surface area contributed by atoms with E-state index in [9.17, 15) is 25.2 Å². The van der Waals surface area contributed by atoms with Gasteiger partial charge in [-0.1, -0.05) is 288 Å². The predicted octanol–water partition coefficient (Wildman–Crippen LogP) is 18.4. The van der Waals surface area contributed by atoms with Gasteiger partial charge in [0.25, 0.3) is 0 Å². The number of aliphatic hydroxyl groups is 4. The molecule has 0 aromatic heterocycles. The van der Waals surface area contributed by atoms with E-state index in [-0.39, 0.29) is 0 Å². The van der Waals surface area contributed by atoms with Gasteiger partial charge in [-0.05, 0) is 77.0 Å². The molecule has 408 valence electrons. The van der Waals surface area contributed by atoms with Crippen molar-refractivity contribution in [2.24, 2.45) is 0 Å². The number of amides is 1. The van der Waals surface area contributed by atoms with Crippen LogP contribution >= 0.6 is 0 Å². The molecule has 1 amide bonds. The van der Waals surface area contributed by atoms with E-state index in [0.717, 1.165) is 38.5 Å². The zero-order valence-corrected chi connectivity index (χ0v) is 46.3. The second-order valence-electron chi connectivity index (χ2n) is 21.4. The summed E-state index contributed by atoms with van der Waals surface area (Å²) in [7, 11) is 0. The van der Waals surface area contributed by atoms with Crippen molar-refractivity contribution in [1.29, 1.82) is 0 Å². The summed E-state index contributed by atoms with van der Waals surface area (Å²) >= 11 is 0. The number of carbonyl (C=O) groups is 1. The third-order valence-corrected chi connectivity index (χ3v) is 14.6. The van der Waals surface area contributed by atoms with Crippen molar-refractivity contribution >= 4 is 5.91 Å². The molecule has 4 unspecified atom stereocenters. The van der Waals surface area contributed by atoms with E-state index in [0.29, 0.717) is 19.3 Å². The minimum absolute atomic E-state index is 0.361. The summed E-state index contributed by atoms with van der Waals surface area (Å²) in [5, 5.41) is 44.0. The Morgan fingerprint density at radius 2 is 0.609 bits per heavy atom. The van der Waals surface area contributed by atoms with E-state index >= 15 is 0 Å². The fraction of sp³-hybridized carbons (Fsp3) is 0.889. The van der Waals surface area contributed by atoms with Crippen LogP contribution in [0.25, 0.3) is 0 Å². The van der Waals surface area contributed by atoms with Gasteiger partial charge in [0.15, 0.2) is 0 Å². The summed E-state index contributed by atoms with van der Waals surface area (Å²) in [6.07, 6.45) is 72.4. The largest absolute Gasteiger partial charge is 0.394 e. The fourth-order valence-electron chi connectivity index (χ4n) is 9.71. The number of hydrogen-bond acceptors (Lipinski definition) is 5. The van der Waals surface area contributed by atoms with Crippen molar-refractivity contribution in [1.82, 2.24) is 5.32 Å². The summed E-state index contributed by atoms with van der Waals surface area (Å²) in [5.41, 5.74) is 0. The summed E-state index contributed by atoms with van der Waals surface area (Å²) in [5.74, 6) is -0.594. The Morgan fingerprint density at radius 3 is 0.913 bits per heavy atom. The van der Waals surface area contributed by atoms with E-state index < -0.39 is 36.9 Å². The number of rotatable bonds is 57. The average molecular weight is 973 g/mol. The van der Waals surface area contributed by atoms with Crippen molar-refractivity contribution < 1.29 is 25.2 Å². The van der Waals surface area contributed by atoms with E-state index in [4.69, 9.17) is 0 Å². The van der Waals surface area contributed by atoms with Crippen LogP contribution in [-0.2, 0) is 4.79 Å². The molecule has 0 fully saturated rings. The van der Waals surface area contributed by atoms with Crippen LogP contribution in [0.2, 0.25) is 0 Å². The Balaban J connectivity index is 3.64. The fourth-order valence-corrected chi connectivity index (χ4v) is 9.71. The quantitative estimate of drug-likeness (QED) is 0.0308. The number of allylic oxidation sites excluding steroid dienone is 6. The van der Waals surface area contributed by atoms with Crippen LogP contribution in [0.5, 0.6) is 0 Å². The Kier molecular flexibility index (Phi) is 56.2. The number of nitrogens with one attached hydrogen (secondary N) is 1. The zero-order chi connectivity index (χ0) is 50.2. The molecule has 5 N–H and O–H groups in total. The lowest BCUT2D eigenvalue weighted by Gasteiger charge is -2.27. The van der Waals surface area contributed by atoms with Gasteiger partial charge < -0.3 is 25.7 Å². The smallest absolute Gasteiger partial charge is 0.249 e. The molecular formula is C63H121NO5. The maximum atomic E-state index is 12.6. The molecule has 0 aliphatic rings. The predicted molar refractivity (Wildman–Crippen MR) is 302 cm³/mol. The Bertz CT molecular complexity index is 1090.